The Labute approximate surface area is 270 Å². The molecule has 11 nitrogen and oxygen atoms in total. The van der Waals surface area contributed by atoms with Crippen LogP contribution in [-0.4, -0.2) is 66.7 Å². The summed E-state index contributed by atoms with van der Waals surface area (Å²) >= 11 is 1.31. The lowest BCUT2D eigenvalue weighted by atomic mass is 9.44. The summed E-state index contributed by atoms with van der Waals surface area (Å²) in [7, 11) is 1.50. The van der Waals surface area contributed by atoms with E-state index in [1.165, 1.54) is 23.5 Å². The summed E-state index contributed by atoms with van der Waals surface area (Å²) in [6, 6.07) is 0. The van der Waals surface area contributed by atoms with E-state index in [0.717, 1.165) is 19.3 Å². The lowest BCUT2D eigenvalue weighted by molar-refractivity contribution is -0.385. The lowest BCUT2D eigenvalue weighted by Crippen LogP contribution is -2.63. The van der Waals surface area contributed by atoms with E-state index in [2.05, 4.69) is 37.8 Å². The second-order valence-electron chi connectivity index (χ2n) is 14.7. The Hall–Kier alpha value is -2.73. The standard InChI is InChI=1S/C33H50N4O7S/c1-10-21-25(37(42)43)26(36(9)35-21)29(41)34-18-30(5,6)45-17-24(39)44-23-16-31(7,11-2)28(40)20(4)33-14-12-19(3)32(23,8)27(33)22(38)13-15-33/h11,19-20,23,27-28,40H,2,10,12-18H2,1,3-9H3,(H,34,41)/t19-,20-,23+,27?,28-,31+,32-,33-/m0/s1. The first kappa shape index (κ1) is 35.1. The summed E-state index contributed by atoms with van der Waals surface area (Å²) in [6.07, 6.45) is 4.11. The molecule has 1 aromatic rings. The van der Waals surface area contributed by atoms with Crippen molar-refractivity contribution in [1.82, 2.24) is 15.1 Å². The number of nitrogens with one attached hydrogen (secondary N) is 1. The fourth-order valence-electron chi connectivity index (χ4n) is 8.63. The largest absolute Gasteiger partial charge is 0.461 e. The monoisotopic (exact) mass is 646 g/mol. The molecular formula is C33H50N4O7S. The average molecular weight is 647 g/mol. The van der Waals surface area contributed by atoms with E-state index in [4.69, 9.17) is 4.74 Å². The van der Waals surface area contributed by atoms with E-state index >= 15 is 0 Å². The second-order valence-corrected chi connectivity index (χ2v) is 16.4. The van der Waals surface area contributed by atoms with Crippen molar-refractivity contribution in [2.45, 2.75) is 104 Å². The molecule has 2 N–H and O–H groups in total. The highest BCUT2D eigenvalue weighted by Gasteiger charge is 2.68. The van der Waals surface area contributed by atoms with E-state index in [0.29, 0.717) is 19.3 Å². The van der Waals surface area contributed by atoms with E-state index in [9.17, 15) is 29.6 Å². The van der Waals surface area contributed by atoms with Crippen LogP contribution in [0.25, 0.3) is 0 Å². The van der Waals surface area contributed by atoms with Crippen molar-refractivity contribution >= 4 is 35.1 Å². The van der Waals surface area contributed by atoms with Gasteiger partial charge in [0, 0.05) is 41.5 Å². The summed E-state index contributed by atoms with van der Waals surface area (Å²) in [5.74, 6) is -1.09. The lowest BCUT2D eigenvalue weighted by Gasteiger charge is -2.61. The number of ether oxygens (including phenoxy) is 1. The van der Waals surface area contributed by atoms with Crippen LogP contribution < -0.4 is 5.32 Å². The smallest absolute Gasteiger partial charge is 0.323 e. The molecule has 3 aliphatic rings. The first-order chi connectivity index (χ1) is 20.9. The van der Waals surface area contributed by atoms with Crippen LogP contribution in [0, 0.1) is 44.1 Å². The van der Waals surface area contributed by atoms with Crippen LogP contribution >= 0.6 is 11.8 Å². The fraction of sp³-hybridized carbons (Fsp3) is 0.758. The molecule has 12 heteroatoms. The number of aryl methyl sites for hydroxylation is 2. The Bertz CT molecular complexity index is 1380. The number of nitro groups is 1. The molecule has 1 amide bonds. The summed E-state index contributed by atoms with van der Waals surface area (Å²) in [5, 5.41) is 30.3. The zero-order chi connectivity index (χ0) is 33.7. The van der Waals surface area contributed by atoms with Crippen molar-refractivity contribution in [2.75, 3.05) is 12.3 Å². The number of thioether (sulfide) groups is 1. The number of ketones is 1. The molecule has 3 fully saturated rings. The molecule has 0 spiro atoms. The Balaban J connectivity index is 1.50. The molecular weight excluding hydrogens is 596 g/mol. The molecule has 0 aromatic carbocycles. The molecule has 1 aromatic heterocycles. The van der Waals surface area contributed by atoms with Crippen LogP contribution in [0.2, 0.25) is 0 Å². The Kier molecular flexibility index (Phi) is 9.73. The molecule has 1 unspecified atom stereocenters. The number of esters is 1. The van der Waals surface area contributed by atoms with Crippen LogP contribution in [-0.2, 0) is 27.8 Å². The topological polar surface area (TPSA) is 154 Å². The number of aromatic nitrogens is 2. The highest BCUT2D eigenvalue weighted by molar-refractivity contribution is 8.01. The summed E-state index contributed by atoms with van der Waals surface area (Å²) in [6.45, 7) is 18.0. The van der Waals surface area contributed by atoms with Gasteiger partial charge in [-0.2, -0.15) is 5.10 Å². The summed E-state index contributed by atoms with van der Waals surface area (Å²) < 4.78 is 6.95. The third-order valence-corrected chi connectivity index (χ3v) is 13.0. The normalized spacial score (nSPS) is 34.8. The van der Waals surface area contributed by atoms with Gasteiger partial charge in [-0.05, 0) is 63.2 Å². The minimum Gasteiger partial charge on any atom is -0.461 e. The summed E-state index contributed by atoms with van der Waals surface area (Å²) in [5.41, 5.74) is -1.82. The Morgan fingerprint density at radius 2 is 1.98 bits per heavy atom. The number of hydrogen-bond acceptors (Lipinski definition) is 9. The molecule has 4 rings (SSSR count). The molecule has 250 valence electrons. The van der Waals surface area contributed by atoms with E-state index in [1.54, 1.807) is 13.0 Å². The summed E-state index contributed by atoms with van der Waals surface area (Å²) in [4.78, 5) is 51.3. The number of nitrogens with zero attached hydrogens (tertiary/aromatic N) is 3. The van der Waals surface area contributed by atoms with Crippen LogP contribution in [0.4, 0.5) is 5.69 Å². The van der Waals surface area contributed by atoms with Gasteiger partial charge in [0.25, 0.3) is 5.91 Å². The fourth-order valence-corrected chi connectivity index (χ4v) is 9.38. The number of aliphatic hydroxyl groups excluding tert-OH is 1. The van der Waals surface area contributed by atoms with Crippen molar-refractivity contribution in [1.29, 1.82) is 0 Å². The average Bonchev–Trinajstić information content (AvgIpc) is 3.52. The van der Waals surface area contributed by atoms with Gasteiger partial charge in [0.1, 0.15) is 17.6 Å². The predicted octanol–water partition coefficient (Wildman–Crippen LogP) is 5.04. The number of aliphatic hydroxyl groups is 1. The van der Waals surface area contributed by atoms with E-state index in [1.807, 2.05) is 20.8 Å². The maximum atomic E-state index is 13.6. The Morgan fingerprint density at radius 3 is 2.58 bits per heavy atom. The zero-order valence-electron chi connectivity index (χ0n) is 28.0. The van der Waals surface area contributed by atoms with Gasteiger partial charge in [0.2, 0.25) is 5.69 Å². The van der Waals surface area contributed by atoms with E-state index in [-0.39, 0.29) is 58.3 Å². The van der Waals surface area contributed by atoms with Crippen LogP contribution in [0.1, 0.15) is 96.8 Å². The highest BCUT2D eigenvalue weighted by atomic mass is 32.2. The van der Waals surface area contributed by atoms with Gasteiger partial charge in [-0.15, -0.1) is 18.3 Å². The van der Waals surface area contributed by atoms with E-state index < -0.39 is 44.6 Å². The first-order valence-electron chi connectivity index (χ1n) is 16.0. The quantitative estimate of drug-likeness (QED) is 0.154. The van der Waals surface area contributed by atoms with Gasteiger partial charge in [0.05, 0.1) is 16.8 Å². The molecule has 3 saturated carbocycles. The first-order valence-corrected chi connectivity index (χ1v) is 17.0. The number of carbonyl (C=O) groups is 3. The molecule has 8 atom stereocenters. The van der Waals surface area contributed by atoms with Crippen LogP contribution in [0.3, 0.4) is 0 Å². The van der Waals surface area contributed by atoms with Crippen molar-refractivity contribution < 1.29 is 29.2 Å². The highest BCUT2D eigenvalue weighted by Crippen LogP contribution is 2.68. The number of amides is 1. The minimum absolute atomic E-state index is 0.00316. The zero-order valence-corrected chi connectivity index (χ0v) is 28.8. The van der Waals surface area contributed by atoms with Gasteiger partial charge in [-0.1, -0.05) is 40.7 Å². The molecule has 0 aliphatic heterocycles. The van der Waals surface area contributed by atoms with Gasteiger partial charge in [0.15, 0.2) is 0 Å². The third-order valence-electron chi connectivity index (χ3n) is 11.7. The van der Waals surface area contributed by atoms with Crippen molar-refractivity contribution in [3.05, 3.63) is 34.2 Å². The van der Waals surface area contributed by atoms with Gasteiger partial charge >= 0.3 is 11.7 Å². The minimum atomic E-state index is -0.733. The molecule has 3 aliphatic carbocycles. The molecule has 2 bridgehead atoms. The molecule has 45 heavy (non-hydrogen) atoms. The molecule has 1 heterocycles. The third kappa shape index (κ3) is 5.97. The number of Topliss-reactive ketones (excluding diaryl/α,β-unsaturated/α-hetero) is 1. The Morgan fingerprint density at radius 1 is 1.31 bits per heavy atom. The molecule has 0 saturated heterocycles. The SMILES string of the molecule is C=C[C@]1(C)C[C@@H](OC(=O)CSC(C)(C)CNC(=O)c2c([N+](=O)[O-])c(CC)nn2C)[C@@]2(C)C3C(=O)CC[C@@]3(CC[C@@H]2C)[C@@H](C)[C@@H]1O. The van der Waals surface area contributed by atoms with Crippen LogP contribution in [0.15, 0.2) is 12.7 Å². The number of hydrogen-bond donors (Lipinski definition) is 2. The van der Waals surface area contributed by atoms with Gasteiger partial charge in [-0.3, -0.25) is 29.2 Å². The van der Waals surface area contributed by atoms with Crippen molar-refractivity contribution in [2.24, 2.45) is 41.0 Å². The van der Waals surface area contributed by atoms with Crippen LogP contribution in [0.5, 0.6) is 0 Å². The predicted molar refractivity (Wildman–Crippen MR) is 173 cm³/mol. The number of carbonyl (C=O) groups excluding carboxylic acids is 3. The van der Waals surface area contributed by atoms with Crippen molar-refractivity contribution in [3.63, 3.8) is 0 Å². The maximum absolute atomic E-state index is 13.6. The van der Waals surface area contributed by atoms with Gasteiger partial charge < -0.3 is 15.2 Å². The van der Waals surface area contributed by atoms with Crippen molar-refractivity contribution in [3.8, 4) is 0 Å². The maximum Gasteiger partial charge on any atom is 0.323 e. The molecule has 0 radical (unpaired) electrons. The number of rotatable bonds is 10. The van der Waals surface area contributed by atoms with Gasteiger partial charge in [-0.25, -0.2) is 0 Å². The second kappa shape index (κ2) is 12.5.